The lowest BCUT2D eigenvalue weighted by atomic mass is 9.97. The van der Waals surface area contributed by atoms with Gasteiger partial charge in [0, 0.05) is 18.7 Å². The highest BCUT2D eigenvalue weighted by molar-refractivity contribution is 14.1. The van der Waals surface area contributed by atoms with Crippen molar-refractivity contribution in [2.45, 2.75) is 19.8 Å². The molecule has 25 heavy (non-hydrogen) atoms. The Morgan fingerprint density at radius 2 is 2.04 bits per heavy atom. The van der Waals surface area contributed by atoms with Gasteiger partial charge < -0.3 is 14.4 Å². The first-order valence-electron chi connectivity index (χ1n) is 8.06. The molecule has 1 amide bonds. The smallest absolute Gasteiger partial charge is 0.309 e. The van der Waals surface area contributed by atoms with Crippen LogP contribution in [-0.4, -0.2) is 48.7 Å². The quantitative estimate of drug-likeness (QED) is 0.410. The molecule has 0 spiro atoms. The predicted molar refractivity (Wildman–Crippen MR) is 107 cm³/mol. The number of thiocarbonyl (C=S) groups is 1. The van der Waals surface area contributed by atoms with E-state index in [0.717, 1.165) is 9.32 Å². The number of carbonyl (C=O) groups is 2. The monoisotopic (exact) mass is 476 g/mol. The Hall–Kier alpha value is -1.42. The molecule has 8 heteroatoms. The molecule has 1 saturated heterocycles. The minimum atomic E-state index is -0.252. The minimum Gasteiger partial charge on any atom is -0.496 e. The van der Waals surface area contributed by atoms with E-state index in [1.165, 1.54) is 0 Å². The molecule has 6 nitrogen and oxygen atoms in total. The fraction of sp³-hybridized carbons (Fsp3) is 0.471. The van der Waals surface area contributed by atoms with E-state index < -0.39 is 0 Å². The van der Waals surface area contributed by atoms with Crippen LogP contribution in [0.4, 0.5) is 0 Å². The first-order valence-corrected chi connectivity index (χ1v) is 9.55. The number of hydrogen-bond donors (Lipinski definition) is 1. The average Bonchev–Trinajstić information content (AvgIpc) is 2.61. The molecule has 1 heterocycles. The average molecular weight is 476 g/mol. The van der Waals surface area contributed by atoms with E-state index in [-0.39, 0.29) is 17.8 Å². The molecule has 0 bridgehead atoms. The van der Waals surface area contributed by atoms with Gasteiger partial charge in [0.25, 0.3) is 5.91 Å². The van der Waals surface area contributed by atoms with Crippen LogP contribution >= 0.6 is 34.8 Å². The van der Waals surface area contributed by atoms with Crippen molar-refractivity contribution in [3.63, 3.8) is 0 Å². The van der Waals surface area contributed by atoms with Crippen LogP contribution in [0.1, 0.15) is 30.1 Å². The van der Waals surface area contributed by atoms with E-state index >= 15 is 0 Å². The Labute approximate surface area is 166 Å². The number of nitrogens with one attached hydrogen (secondary N) is 1. The number of rotatable bonds is 4. The molecule has 0 aromatic heterocycles. The van der Waals surface area contributed by atoms with E-state index in [0.29, 0.717) is 43.2 Å². The van der Waals surface area contributed by atoms with Gasteiger partial charge in [-0.25, -0.2) is 0 Å². The summed E-state index contributed by atoms with van der Waals surface area (Å²) < 4.78 is 11.1. The summed E-state index contributed by atoms with van der Waals surface area (Å²) in [6.45, 7) is 3.46. The van der Waals surface area contributed by atoms with Crippen molar-refractivity contribution in [3.05, 3.63) is 27.3 Å². The van der Waals surface area contributed by atoms with Crippen molar-refractivity contribution >= 4 is 51.8 Å². The SMILES string of the molecule is CCOC(=O)C1CCN(C(=S)NC(=O)c2ccc(OC)c(I)c2)CC1. The molecule has 1 fully saturated rings. The molecule has 1 N–H and O–H groups in total. The number of amides is 1. The number of carbonyl (C=O) groups excluding carboxylic acids is 2. The van der Waals surface area contributed by atoms with Gasteiger partial charge in [-0.05, 0) is 72.8 Å². The lowest BCUT2D eigenvalue weighted by Crippen LogP contribution is -2.47. The summed E-state index contributed by atoms with van der Waals surface area (Å²) in [4.78, 5) is 26.0. The van der Waals surface area contributed by atoms with Gasteiger partial charge in [0.05, 0.1) is 23.2 Å². The molecule has 0 radical (unpaired) electrons. The van der Waals surface area contributed by atoms with E-state index in [9.17, 15) is 9.59 Å². The summed E-state index contributed by atoms with van der Waals surface area (Å²) >= 11 is 7.46. The molecular weight excluding hydrogens is 455 g/mol. The highest BCUT2D eigenvalue weighted by Crippen LogP contribution is 2.22. The number of methoxy groups -OCH3 is 1. The van der Waals surface area contributed by atoms with Crippen LogP contribution in [0.25, 0.3) is 0 Å². The summed E-state index contributed by atoms with van der Waals surface area (Å²) in [5.41, 5.74) is 0.522. The van der Waals surface area contributed by atoms with Gasteiger partial charge in [0.15, 0.2) is 5.11 Å². The van der Waals surface area contributed by atoms with Gasteiger partial charge in [-0.3, -0.25) is 14.9 Å². The second-order valence-electron chi connectivity index (χ2n) is 5.62. The normalized spacial score (nSPS) is 14.8. The Morgan fingerprint density at radius 1 is 1.36 bits per heavy atom. The van der Waals surface area contributed by atoms with Gasteiger partial charge in [-0.1, -0.05) is 0 Å². The van der Waals surface area contributed by atoms with E-state index in [1.807, 2.05) is 4.90 Å². The van der Waals surface area contributed by atoms with Crippen LogP contribution in [0.3, 0.4) is 0 Å². The fourth-order valence-corrected chi connectivity index (χ4v) is 3.65. The first kappa shape index (κ1) is 19.9. The second kappa shape index (κ2) is 9.33. The zero-order chi connectivity index (χ0) is 18.4. The minimum absolute atomic E-state index is 0.0853. The first-order chi connectivity index (χ1) is 12.0. The molecule has 0 aliphatic carbocycles. The lowest BCUT2D eigenvalue weighted by molar-refractivity contribution is -0.149. The fourth-order valence-electron chi connectivity index (χ4n) is 2.63. The third kappa shape index (κ3) is 5.27. The van der Waals surface area contributed by atoms with Crippen LogP contribution in [0.15, 0.2) is 18.2 Å². The number of likely N-dealkylation sites (tertiary alicyclic amines) is 1. The third-order valence-corrected chi connectivity index (χ3v) is 5.24. The zero-order valence-corrected chi connectivity index (χ0v) is 17.2. The molecule has 1 aliphatic heterocycles. The number of hydrogen-bond acceptors (Lipinski definition) is 5. The van der Waals surface area contributed by atoms with Crippen molar-refractivity contribution in [2.24, 2.45) is 5.92 Å². The number of ether oxygens (including phenoxy) is 2. The molecular formula is C17H21IN2O4S. The van der Waals surface area contributed by atoms with Gasteiger partial charge in [0.2, 0.25) is 0 Å². The largest absolute Gasteiger partial charge is 0.496 e. The predicted octanol–water partition coefficient (Wildman–Crippen LogP) is 2.59. The second-order valence-corrected chi connectivity index (χ2v) is 7.17. The highest BCUT2D eigenvalue weighted by atomic mass is 127. The number of piperidine rings is 1. The standard InChI is InChI=1S/C17H21IN2O4S/c1-3-24-16(22)11-6-8-20(9-7-11)17(25)19-15(21)12-4-5-14(23-2)13(18)10-12/h4-5,10-11H,3,6-9H2,1-2H3,(H,19,21,25). The number of nitrogens with zero attached hydrogens (tertiary/aromatic N) is 1. The lowest BCUT2D eigenvalue weighted by Gasteiger charge is -2.32. The van der Waals surface area contributed by atoms with Crippen LogP contribution in [0.5, 0.6) is 5.75 Å². The van der Waals surface area contributed by atoms with Crippen molar-refractivity contribution in [2.75, 3.05) is 26.8 Å². The molecule has 1 aliphatic rings. The summed E-state index contributed by atoms with van der Waals surface area (Å²) in [6, 6.07) is 5.21. The zero-order valence-electron chi connectivity index (χ0n) is 14.2. The summed E-state index contributed by atoms with van der Waals surface area (Å²) in [5.74, 6) is 0.238. The Bertz CT molecular complexity index is 660. The Balaban J connectivity index is 1.89. The van der Waals surface area contributed by atoms with Crippen molar-refractivity contribution < 1.29 is 19.1 Å². The number of benzene rings is 1. The number of halogens is 1. The molecule has 1 aromatic rings. The summed E-state index contributed by atoms with van der Waals surface area (Å²) in [7, 11) is 1.59. The molecule has 0 atom stereocenters. The number of esters is 1. The third-order valence-electron chi connectivity index (χ3n) is 4.04. The summed E-state index contributed by atoms with van der Waals surface area (Å²) in [5, 5.41) is 3.15. The Kier molecular flexibility index (Phi) is 7.42. The molecule has 1 aromatic carbocycles. The van der Waals surface area contributed by atoms with Crippen LogP contribution < -0.4 is 10.1 Å². The molecule has 0 saturated carbocycles. The van der Waals surface area contributed by atoms with Gasteiger partial charge in [-0.15, -0.1) is 0 Å². The molecule has 136 valence electrons. The van der Waals surface area contributed by atoms with Gasteiger partial charge >= 0.3 is 5.97 Å². The van der Waals surface area contributed by atoms with E-state index in [1.54, 1.807) is 32.2 Å². The van der Waals surface area contributed by atoms with Gasteiger partial charge in [-0.2, -0.15) is 0 Å². The maximum atomic E-state index is 12.4. The van der Waals surface area contributed by atoms with E-state index in [2.05, 4.69) is 27.9 Å². The highest BCUT2D eigenvalue weighted by Gasteiger charge is 2.27. The van der Waals surface area contributed by atoms with Crippen LogP contribution in [0.2, 0.25) is 0 Å². The maximum Gasteiger partial charge on any atom is 0.309 e. The van der Waals surface area contributed by atoms with Crippen LogP contribution in [-0.2, 0) is 9.53 Å². The van der Waals surface area contributed by atoms with Crippen molar-refractivity contribution in [3.8, 4) is 5.75 Å². The Morgan fingerprint density at radius 3 is 2.60 bits per heavy atom. The van der Waals surface area contributed by atoms with Crippen molar-refractivity contribution in [1.82, 2.24) is 10.2 Å². The van der Waals surface area contributed by atoms with Gasteiger partial charge in [0.1, 0.15) is 5.75 Å². The summed E-state index contributed by atoms with van der Waals surface area (Å²) in [6.07, 6.45) is 1.35. The molecule has 0 unspecified atom stereocenters. The maximum absolute atomic E-state index is 12.4. The topological polar surface area (TPSA) is 67.9 Å². The van der Waals surface area contributed by atoms with E-state index in [4.69, 9.17) is 21.7 Å². The van der Waals surface area contributed by atoms with Crippen LogP contribution in [0, 0.1) is 9.49 Å². The van der Waals surface area contributed by atoms with Crippen molar-refractivity contribution in [1.29, 1.82) is 0 Å². The molecule has 2 rings (SSSR count).